The van der Waals surface area contributed by atoms with Crippen LogP contribution in [0.4, 0.5) is 11.5 Å². The summed E-state index contributed by atoms with van der Waals surface area (Å²) in [6.07, 6.45) is 7.99. The van der Waals surface area contributed by atoms with E-state index in [1.807, 2.05) is 0 Å². The second kappa shape index (κ2) is 5.58. The Hall–Kier alpha value is -0.960. The molecule has 1 saturated carbocycles. The molecule has 0 bridgehead atoms. The summed E-state index contributed by atoms with van der Waals surface area (Å²) in [5.41, 5.74) is 6.24. The topological polar surface area (TPSA) is 50.9 Å². The Kier molecular flexibility index (Phi) is 4.11. The highest BCUT2D eigenvalue weighted by Gasteiger charge is 2.21. The predicted molar refractivity (Wildman–Crippen MR) is 73.3 cm³/mol. The van der Waals surface area contributed by atoms with E-state index in [-0.39, 0.29) is 0 Å². The Morgan fingerprint density at radius 3 is 3.06 bits per heavy atom. The summed E-state index contributed by atoms with van der Waals surface area (Å²) < 4.78 is 0. The molecule has 94 valence electrons. The van der Waals surface area contributed by atoms with E-state index in [0.717, 1.165) is 11.7 Å². The molecule has 1 heterocycles. The SMILES string of the molecule is CCC1CCCC(Nc2ncc(N)cc2Cl)C1. The van der Waals surface area contributed by atoms with Crippen molar-refractivity contribution in [2.45, 2.75) is 45.1 Å². The molecule has 1 aliphatic rings. The summed E-state index contributed by atoms with van der Waals surface area (Å²) in [7, 11) is 0. The Labute approximate surface area is 108 Å². The van der Waals surface area contributed by atoms with Crippen molar-refractivity contribution in [1.29, 1.82) is 0 Å². The van der Waals surface area contributed by atoms with Gasteiger partial charge < -0.3 is 11.1 Å². The van der Waals surface area contributed by atoms with E-state index in [1.165, 1.54) is 32.1 Å². The van der Waals surface area contributed by atoms with Crippen LogP contribution in [0.2, 0.25) is 5.02 Å². The fraction of sp³-hybridized carbons (Fsp3) is 0.615. The summed E-state index contributed by atoms with van der Waals surface area (Å²) in [6, 6.07) is 2.25. The third-order valence-electron chi connectivity index (χ3n) is 3.56. The minimum atomic E-state index is 0.502. The number of halogens is 1. The van der Waals surface area contributed by atoms with Crippen molar-refractivity contribution in [3.05, 3.63) is 17.3 Å². The van der Waals surface area contributed by atoms with Gasteiger partial charge in [0.05, 0.1) is 16.9 Å². The Morgan fingerprint density at radius 2 is 2.35 bits per heavy atom. The summed E-state index contributed by atoms with van der Waals surface area (Å²) in [5.74, 6) is 1.61. The second-order valence-corrected chi connectivity index (χ2v) is 5.29. The van der Waals surface area contributed by atoms with Gasteiger partial charge >= 0.3 is 0 Å². The molecule has 3 N–H and O–H groups in total. The van der Waals surface area contributed by atoms with Crippen molar-refractivity contribution in [3.63, 3.8) is 0 Å². The van der Waals surface area contributed by atoms with Crippen LogP contribution < -0.4 is 11.1 Å². The van der Waals surface area contributed by atoms with E-state index >= 15 is 0 Å². The van der Waals surface area contributed by atoms with E-state index in [4.69, 9.17) is 17.3 Å². The van der Waals surface area contributed by atoms with E-state index in [2.05, 4.69) is 17.2 Å². The van der Waals surface area contributed by atoms with Gasteiger partial charge in [-0.2, -0.15) is 0 Å². The smallest absolute Gasteiger partial charge is 0.145 e. The maximum Gasteiger partial charge on any atom is 0.145 e. The van der Waals surface area contributed by atoms with Gasteiger partial charge in [-0.25, -0.2) is 4.98 Å². The van der Waals surface area contributed by atoms with Crippen LogP contribution in [0.1, 0.15) is 39.0 Å². The lowest BCUT2D eigenvalue weighted by Crippen LogP contribution is -2.27. The van der Waals surface area contributed by atoms with Crippen molar-refractivity contribution in [3.8, 4) is 0 Å². The van der Waals surface area contributed by atoms with Gasteiger partial charge in [0.25, 0.3) is 0 Å². The zero-order valence-corrected chi connectivity index (χ0v) is 11.0. The molecule has 2 unspecified atom stereocenters. The summed E-state index contributed by atoms with van der Waals surface area (Å²) in [4.78, 5) is 4.25. The first kappa shape index (κ1) is 12.5. The molecule has 1 aromatic rings. The third-order valence-corrected chi connectivity index (χ3v) is 3.85. The fourth-order valence-corrected chi connectivity index (χ4v) is 2.77. The van der Waals surface area contributed by atoms with Crippen LogP contribution in [0.5, 0.6) is 0 Å². The van der Waals surface area contributed by atoms with Crippen molar-refractivity contribution in [2.24, 2.45) is 5.92 Å². The quantitative estimate of drug-likeness (QED) is 0.864. The third kappa shape index (κ3) is 3.25. The largest absolute Gasteiger partial charge is 0.397 e. The van der Waals surface area contributed by atoms with Gasteiger partial charge in [0.1, 0.15) is 5.82 Å². The number of nitrogens with one attached hydrogen (secondary N) is 1. The van der Waals surface area contributed by atoms with Gasteiger partial charge in [-0.1, -0.05) is 37.8 Å². The zero-order chi connectivity index (χ0) is 12.3. The molecule has 1 fully saturated rings. The molecule has 0 aliphatic heterocycles. The van der Waals surface area contributed by atoms with Crippen molar-refractivity contribution in [2.75, 3.05) is 11.1 Å². The van der Waals surface area contributed by atoms with Crippen LogP contribution in [-0.4, -0.2) is 11.0 Å². The molecule has 0 saturated heterocycles. The van der Waals surface area contributed by atoms with Crippen LogP contribution in [0, 0.1) is 5.92 Å². The molecule has 0 spiro atoms. The zero-order valence-electron chi connectivity index (χ0n) is 10.2. The molecule has 2 atom stereocenters. The first-order valence-electron chi connectivity index (χ1n) is 6.36. The maximum atomic E-state index is 6.11. The minimum absolute atomic E-state index is 0.502. The van der Waals surface area contributed by atoms with E-state index in [9.17, 15) is 0 Å². The van der Waals surface area contributed by atoms with Crippen molar-refractivity contribution >= 4 is 23.1 Å². The molecule has 0 amide bonds. The Morgan fingerprint density at radius 1 is 1.53 bits per heavy atom. The minimum Gasteiger partial charge on any atom is -0.397 e. The number of rotatable bonds is 3. The molecular formula is C13H20ClN3. The predicted octanol–water partition coefficient (Wildman–Crippen LogP) is 3.70. The molecule has 1 aliphatic carbocycles. The first-order chi connectivity index (χ1) is 8.19. The maximum absolute atomic E-state index is 6.11. The lowest BCUT2D eigenvalue weighted by Gasteiger charge is -2.29. The number of aromatic nitrogens is 1. The lowest BCUT2D eigenvalue weighted by atomic mass is 9.84. The molecule has 4 heteroatoms. The van der Waals surface area contributed by atoms with Crippen molar-refractivity contribution in [1.82, 2.24) is 4.98 Å². The number of nitrogens with two attached hydrogens (primary N) is 1. The molecule has 0 radical (unpaired) electrons. The van der Waals surface area contributed by atoms with E-state index < -0.39 is 0 Å². The highest BCUT2D eigenvalue weighted by molar-refractivity contribution is 6.33. The van der Waals surface area contributed by atoms with Crippen LogP contribution in [-0.2, 0) is 0 Å². The summed E-state index contributed by atoms with van der Waals surface area (Å²) >= 11 is 6.11. The van der Waals surface area contributed by atoms with Gasteiger partial charge in [0.2, 0.25) is 0 Å². The Balaban J connectivity index is 2.00. The van der Waals surface area contributed by atoms with Crippen LogP contribution in [0.25, 0.3) is 0 Å². The molecular weight excluding hydrogens is 234 g/mol. The Bertz CT molecular complexity index is 381. The normalized spacial score (nSPS) is 24.6. The fourth-order valence-electron chi connectivity index (χ4n) is 2.55. The average molecular weight is 254 g/mol. The van der Waals surface area contributed by atoms with Gasteiger partial charge in [0, 0.05) is 6.04 Å². The molecule has 2 rings (SSSR count). The van der Waals surface area contributed by atoms with Crippen LogP contribution >= 0.6 is 11.6 Å². The monoisotopic (exact) mass is 253 g/mol. The molecule has 3 nitrogen and oxygen atoms in total. The number of nitrogens with zero attached hydrogens (tertiary/aromatic N) is 1. The highest BCUT2D eigenvalue weighted by atomic mass is 35.5. The lowest BCUT2D eigenvalue weighted by molar-refractivity contribution is 0.327. The van der Waals surface area contributed by atoms with Gasteiger partial charge in [0.15, 0.2) is 0 Å². The standard InChI is InChI=1S/C13H20ClN3/c1-2-9-4-3-5-11(6-9)17-13-12(14)7-10(15)8-16-13/h7-9,11H,2-6,15H2,1H3,(H,16,17). The second-order valence-electron chi connectivity index (χ2n) is 4.88. The number of nitrogen functional groups attached to an aromatic ring is 1. The van der Waals surface area contributed by atoms with Crippen LogP contribution in [0.3, 0.4) is 0 Å². The summed E-state index contributed by atoms with van der Waals surface area (Å²) in [6.45, 7) is 2.27. The van der Waals surface area contributed by atoms with E-state index in [1.54, 1.807) is 12.3 Å². The number of hydrogen-bond donors (Lipinski definition) is 2. The number of hydrogen-bond acceptors (Lipinski definition) is 3. The first-order valence-corrected chi connectivity index (χ1v) is 6.74. The van der Waals surface area contributed by atoms with Gasteiger partial charge in [-0.15, -0.1) is 0 Å². The molecule has 1 aromatic heterocycles. The van der Waals surface area contributed by atoms with E-state index in [0.29, 0.717) is 16.8 Å². The van der Waals surface area contributed by atoms with Crippen molar-refractivity contribution < 1.29 is 0 Å². The number of anilines is 2. The van der Waals surface area contributed by atoms with Gasteiger partial charge in [-0.3, -0.25) is 0 Å². The number of pyridine rings is 1. The summed E-state index contributed by atoms with van der Waals surface area (Å²) in [5, 5.41) is 4.06. The molecule has 17 heavy (non-hydrogen) atoms. The van der Waals surface area contributed by atoms with Gasteiger partial charge in [-0.05, 0) is 24.8 Å². The molecule has 0 aromatic carbocycles. The van der Waals surface area contributed by atoms with Crippen LogP contribution in [0.15, 0.2) is 12.3 Å². The highest BCUT2D eigenvalue weighted by Crippen LogP contribution is 2.30. The average Bonchev–Trinajstić information content (AvgIpc) is 2.33.